The second kappa shape index (κ2) is 4.90. The van der Waals surface area contributed by atoms with Crippen LogP contribution in [0.1, 0.15) is 17.8 Å². The average Bonchev–Trinajstić information content (AvgIpc) is 2.92. The minimum absolute atomic E-state index is 0.281. The zero-order valence-electron chi connectivity index (χ0n) is 10.6. The highest BCUT2D eigenvalue weighted by atomic mass is 32.1. The summed E-state index contributed by atoms with van der Waals surface area (Å²) in [5.41, 5.74) is 8.54. The molecule has 3 N–H and O–H groups in total. The van der Waals surface area contributed by atoms with Crippen molar-refractivity contribution in [3.8, 4) is 0 Å². The molecule has 0 bridgehead atoms. The number of hydrogen-bond acceptors (Lipinski definition) is 4. The third kappa shape index (κ3) is 2.39. The van der Waals surface area contributed by atoms with Crippen molar-refractivity contribution in [1.29, 1.82) is 0 Å². The molecule has 1 unspecified atom stereocenters. The fourth-order valence-corrected chi connectivity index (χ4v) is 2.87. The molecule has 0 saturated heterocycles. The summed E-state index contributed by atoms with van der Waals surface area (Å²) in [4.78, 5) is 5.68. The van der Waals surface area contributed by atoms with Crippen LogP contribution in [0, 0.1) is 0 Å². The lowest BCUT2D eigenvalue weighted by molar-refractivity contribution is 0.910. The van der Waals surface area contributed by atoms with E-state index in [9.17, 15) is 0 Å². The highest BCUT2D eigenvalue weighted by molar-refractivity contribution is 7.10. The standard InChI is InChI=1S/C15H15N3S/c1-10(15-3-2-8-19-15)18-13-6-7-17-14-9-11(16)4-5-12(13)14/h2-10H,16H2,1H3,(H,17,18). The molecule has 0 amide bonds. The number of nitrogens with zero attached hydrogens (tertiary/aromatic N) is 1. The molecule has 1 atom stereocenters. The topological polar surface area (TPSA) is 50.9 Å². The second-order valence-electron chi connectivity index (χ2n) is 4.52. The van der Waals surface area contributed by atoms with Crippen LogP contribution in [0.15, 0.2) is 48.0 Å². The van der Waals surface area contributed by atoms with Crippen molar-refractivity contribution in [3.63, 3.8) is 0 Å². The van der Waals surface area contributed by atoms with Crippen LogP contribution in [-0.4, -0.2) is 4.98 Å². The minimum atomic E-state index is 0.281. The summed E-state index contributed by atoms with van der Waals surface area (Å²) in [6.07, 6.45) is 1.81. The van der Waals surface area contributed by atoms with E-state index in [0.29, 0.717) is 0 Å². The lowest BCUT2D eigenvalue weighted by atomic mass is 10.1. The van der Waals surface area contributed by atoms with Gasteiger partial charge in [0.25, 0.3) is 0 Å². The third-order valence-corrected chi connectivity index (χ3v) is 4.16. The number of rotatable bonds is 3. The quantitative estimate of drug-likeness (QED) is 0.705. The van der Waals surface area contributed by atoms with Crippen LogP contribution >= 0.6 is 11.3 Å². The van der Waals surface area contributed by atoms with Crippen molar-refractivity contribution in [2.24, 2.45) is 0 Å². The van der Waals surface area contributed by atoms with Crippen LogP contribution in [0.25, 0.3) is 10.9 Å². The summed E-state index contributed by atoms with van der Waals surface area (Å²) in [7, 11) is 0. The largest absolute Gasteiger partial charge is 0.399 e. The van der Waals surface area contributed by atoms with Crippen LogP contribution < -0.4 is 11.1 Å². The number of nitrogens with one attached hydrogen (secondary N) is 1. The first-order valence-electron chi connectivity index (χ1n) is 6.18. The molecule has 3 aromatic rings. The highest BCUT2D eigenvalue weighted by Gasteiger charge is 2.08. The van der Waals surface area contributed by atoms with Crippen LogP contribution in [0.3, 0.4) is 0 Å². The van der Waals surface area contributed by atoms with Gasteiger partial charge in [-0.15, -0.1) is 11.3 Å². The number of nitrogen functional groups attached to an aromatic ring is 1. The Morgan fingerprint density at radius 3 is 2.95 bits per heavy atom. The Kier molecular flexibility index (Phi) is 3.09. The monoisotopic (exact) mass is 269 g/mol. The smallest absolute Gasteiger partial charge is 0.0743 e. The molecule has 3 rings (SSSR count). The summed E-state index contributed by atoms with van der Waals surface area (Å²) < 4.78 is 0. The van der Waals surface area contributed by atoms with Crippen LogP contribution in [0.2, 0.25) is 0 Å². The molecule has 0 spiro atoms. The van der Waals surface area contributed by atoms with Gasteiger partial charge in [0.15, 0.2) is 0 Å². The van der Waals surface area contributed by atoms with E-state index < -0.39 is 0 Å². The molecule has 0 radical (unpaired) electrons. The van der Waals surface area contributed by atoms with E-state index in [0.717, 1.165) is 22.3 Å². The second-order valence-corrected chi connectivity index (χ2v) is 5.50. The van der Waals surface area contributed by atoms with Crippen molar-refractivity contribution in [2.45, 2.75) is 13.0 Å². The normalized spacial score (nSPS) is 12.5. The summed E-state index contributed by atoms with van der Waals surface area (Å²) in [6, 6.07) is 12.3. The van der Waals surface area contributed by atoms with Gasteiger partial charge in [-0.1, -0.05) is 6.07 Å². The summed E-state index contributed by atoms with van der Waals surface area (Å²) >= 11 is 1.76. The predicted octanol–water partition coefficient (Wildman–Crippen LogP) is 4.05. The Bertz CT molecular complexity index is 692. The molecule has 0 aliphatic heterocycles. The Labute approximate surface area is 116 Å². The molecule has 2 heterocycles. The van der Waals surface area contributed by atoms with E-state index >= 15 is 0 Å². The van der Waals surface area contributed by atoms with E-state index in [2.05, 4.69) is 34.7 Å². The summed E-state index contributed by atoms with van der Waals surface area (Å²) in [5.74, 6) is 0. The number of benzene rings is 1. The van der Waals surface area contributed by atoms with Gasteiger partial charge < -0.3 is 11.1 Å². The van der Waals surface area contributed by atoms with E-state index in [1.165, 1.54) is 4.88 Å². The Morgan fingerprint density at radius 1 is 1.26 bits per heavy atom. The molecule has 0 saturated carbocycles. The number of pyridine rings is 1. The van der Waals surface area contributed by atoms with Gasteiger partial charge in [0.1, 0.15) is 0 Å². The van der Waals surface area contributed by atoms with Crippen LogP contribution in [0.5, 0.6) is 0 Å². The van der Waals surface area contributed by atoms with Gasteiger partial charge in [-0.3, -0.25) is 4.98 Å². The maximum Gasteiger partial charge on any atom is 0.0743 e. The minimum Gasteiger partial charge on any atom is -0.399 e. The lowest BCUT2D eigenvalue weighted by Gasteiger charge is -2.15. The molecular weight excluding hydrogens is 254 g/mol. The maximum atomic E-state index is 5.79. The number of anilines is 2. The SMILES string of the molecule is CC(Nc1ccnc2cc(N)ccc12)c1cccs1. The molecule has 2 aromatic heterocycles. The van der Waals surface area contributed by atoms with Gasteiger partial charge in [-0.25, -0.2) is 0 Å². The zero-order valence-corrected chi connectivity index (χ0v) is 11.4. The number of thiophene rings is 1. The molecule has 0 fully saturated rings. The van der Waals surface area contributed by atoms with Crippen LogP contribution in [0.4, 0.5) is 11.4 Å². The Morgan fingerprint density at radius 2 is 2.16 bits per heavy atom. The third-order valence-electron chi connectivity index (χ3n) is 3.11. The first-order valence-corrected chi connectivity index (χ1v) is 7.06. The summed E-state index contributed by atoms with van der Waals surface area (Å²) in [6.45, 7) is 2.16. The Balaban J connectivity index is 1.97. The van der Waals surface area contributed by atoms with Crippen molar-refractivity contribution in [3.05, 3.63) is 52.9 Å². The highest BCUT2D eigenvalue weighted by Crippen LogP contribution is 2.28. The van der Waals surface area contributed by atoms with Crippen molar-refractivity contribution in [2.75, 3.05) is 11.1 Å². The molecule has 4 heteroatoms. The van der Waals surface area contributed by atoms with Gasteiger partial charge in [0, 0.05) is 27.8 Å². The fraction of sp³-hybridized carbons (Fsp3) is 0.133. The summed E-state index contributed by atoms with van der Waals surface area (Å²) in [5, 5.41) is 6.73. The van der Waals surface area contributed by atoms with E-state index in [4.69, 9.17) is 5.73 Å². The van der Waals surface area contributed by atoms with Gasteiger partial charge in [0.2, 0.25) is 0 Å². The van der Waals surface area contributed by atoms with E-state index in [-0.39, 0.29) is 6.04 Å². The first-order chi connectivity index (χ1) is 9.24. The number of fused-ring (bicyclic) bond motifs is 1. The lowest BCUT2D eigenvalue weighted by Crippen LogP contribution is -2.05. The molecule has 96 valence electrons. The molecule has 0 aliphatic carbocycles. The molecule has 19 heavy (non-hydrogen) atoms. The molecule has 0 aliphatic rings. The fourth-order valence-electron chi connectivity index (χ4n) is 2.13. The number of hydrogen-bond donors (Lipinski definition) is 2. The van der Waals surface area contributed by atoms with E-state index in [1.807, 2.05) is 30.5 Å². The van der Waals surface area contributed by atoms with E-state index in [1.54, 1.807) is 11.3 Å². The number of nitrogens with two attached hydrogens (primary N) is 1. The van der Waals surface area contributed by atoms with Gasteiger partial charge in [-0.2, -0.15) is 0 Å². The molecule has 1 aromatic carbocycles. The maximum absolute atomic E-state index is 5.79. The van der Waals surface area contributed by atoms with Crippen molar-refractivity contribution < 1.29 is 0 Å². The van der Waals surface area contributed by atoms with Gasteiger partial charge in [0.05, 0.1) is 11.6 Å². The first kappa shape index (κ1) is 12.0. The zero-order chi connectivity index (χ0) is 13.2. The van der Waals surface area contributed by atoms with Crippen LogP contribution in [-0.2, 0) is 0 Å². The Hall–Kier alpha value is -2.07. The van der Waals surface area contributed by atoms with Crippen molar-refractivity contribution >= 4 is 33.6 Å². The molecular formula is C15H15N3S. The van der Waals surface area contributed by atoms with Gasteiger partial charge in [-0.05, 0) is 42.6 Å². The number of aromatic nitrogens is 1. The molecule has 3 nitrogen and oxygen atoms in total. The van der Waals surface area contributed by atoms with Gasteiger partial charge >= 0.3 is 0 Å². The average molecular weight is 269 g/mol. The predicted molar refractivity (Wildman–Crippen MR) is 82.5 cm³/mol. The van der Waals surface area contributed by atoms with Crippen molar-refractivity contribution in [1.82, 2.24) is 4.98 Å².